The summed E-state index contributed by atoms with van der Waals surface area (Å²) in [4.78, 5) is 1.26. The third-order valence-corrected chi connectivity index (χ3v) is 2.33. The number of hydrogen-bond donors (Lipinski definition) is 1. The molecule has 1 nitrogen and oxygen atoms in total. The van der Waals surface area contributed by atoms with Crippen molar-refractivity contribution in [1.82, 2.24) is 0 Å². The highest BCUT2D eigenvalue weighted by Crippen LogP contribution is 2.16. The first-order chi connectivity index (χ1) is 5.93. The first kappa shape index (κ1) is 9.36. The summed E-state index contributed by atoms with van der Waals surface area (Å²) in [6.45, 7) is 0.134. The molecule has 0 unspecified atom stereocenters. The van der Waals surface area contributed by atoms with E-state index in [9.17, 15) is 0 Å². The monoisotopic (exact) mass is 180 g/mol. The Bertz CT molecular complexity index is 231. The molecule has 2 heteroatoms. The van der Waals surface area contributed by atoms with E-state index < -0.39 is 0 Å². The number of aliphatic hydroxyl groups excluding tert-OH is 1. The van der Waals surface area contributed by atoms with Crippen molar-refractivity contribution < 1.29 is 5.11 Å². The lowest BCUT2D eigenvalue weighted by atomic mass is 10.4. The van der Waals surface area contributed by atoms with E-state index in [2.05, 4.69) is 12.1 Å². The summed E-state index contributed by atoms with van der Waals surface area (Å²) >= 11 is 1.76. The van der Waals surface area contributed by atoms with Gasteiger partial charge in [-0.3, -0.25) is 0 Å². The molecule has 1 N–H and O–H groups in total. The van der Waals surface area contributed by atoms with Crippen LogP contribution in [0.1, 0.15) is 0 Å². The number of benzene rings is 1. The summed E-state index contributed by atoms with van der Waals surface area (Å²) in [5.74, 6) is 0.921. The second kappa shape index (κ2) is 5.86. The third kappa shape index (κ3) is 3.60. The number of hydrogen-bond acceptors (Lipinski definition) is 2. The maximum Gasteiger partial charge on any atom is 0.0612 e. The summed E-state index contributed by atoms with van der Waals surface area (Å²) in [6, 6.07) is 10.2. The number of aliphatic hydroxyl groups is 1. The van der Waals surface area contributed by atoms with E-state index in [-0.39, 0.29) is 6.61 Å². The molecule has 0 radical (unpaired) electrons. The Balaban J connectivity index is 2.29. The maximum absolute atomic E-state index is 8.47. The van der Waals surface area contributed by atoms with Gasteiger partial charge in [0.2, 0.25) is 0 Å². The fraction of sp³-hybridized carbons (Fsp3) is 0.200. The SMILES string of the molecule is OC/C=C/CSc1ccccc1. The Morgan fingerprint density at radius 2 is 1.92 bits per heavy atom. The Morgan fingerprint density at radius 3 is 2.58 bits per heavy atom. The van der Waals surface area contributed by atoms with Crippen LogP contribution in [-0.2, 0) is 0 Å². The predicted molar refractivity (Wildman–Crippen MR) is 53.4 cm³/mol. The van der Waals surface area contributed by atoms with Crippen molar-refractivity contribution in [3.05, 3.63) is 42.5 Å². The fourth-order valence-electron chi connectivity index (χ4n) is 0.804. The molecule has 0 fully saturated rings. The van der Waals surface area contributed by atoms with Crippen LogP contribution in [0.15, 0.2) is 47.4 Å². The molecule has 1 aromatic rings. The molecule has 0 amide bonds. The predicted octanol–water partition coefficient (Wildman–Crippen LogP) is 2.33. The lowest BCUT2D eigenvalue weighted by Crippen LogP contribution is -1.75. The van der Waals surface area contributed by atoms with Crippen molar-refractivity contribution in [2.75, 3.05) is 12.4 Å². The Labute approximate surface area is 77.1 Å². The Morgan fingerprint density at radius 1 is 1.17 bits per heavy atom. The van der Waals surface area contributed by atoms with E-state index in [0.717, 1.165) is 5.75 Å². The molecule has 0 aromatic heterocycles. The van der Waals surface area contributed by atoms with E-state index in [0.29, 0.717) is 0 Å². The van der Waals surface area contributed by atoms with Crippen LogP contribution in [0.3, 0.4) is 0 Å². The lowest BCUT2D eigenvalue weighted by Gasteiger charge is -1.95. The molecule has 0 aliphatic rings. The van der Waals surface area contributed by atoms with Crippen LogP contribution in [0.2, 0.25) is 0 Å². The molecule has 0 heterocycles. The molecular formula is C10H12OS. The first-order valence-electron chi connectivity index (χ1n) is 3.87. The van der Waals surface area contributed by atoms with Crippen LogP contribution in [-0.4, -0.2) is 17.5 Å². The van der Waals surface area contributed by atoms with Gasteiger partial charge in [0, 0.05) is 10.6 Å². The van der Waals surface area contributed by atoms with Crippen molar-refractivity contribution in [2.24, 2.45) is 0 Å². The summed E-state index contributed by atoms with van der Waals surface area (Å²) < 4.78 is 0. The molecule has 1 aromatic carbocycles. The summed E-state index contributed by atoms with van der Waals surface area (Å²) in [5.41, 5.74) is 0. The van der Waals surface area contributed by atoms with Crippen LogP contribution in [0.25, 0.3) is 0 Å². The van der Waals surface area contributed by atoms with Crippen LogP contribution in [0.5, 0.6) is 0 Å². The van der Waals surface area contributed by atoms with Gasteiger partial charge in [-0.25, -0.2) is 0 Å². The molecular weight excluding hydrogens is 168 g/mol. The van der Waals surface area contributed by atoms with Crippen LogP contribution in [0.4, 0.5) is 0 Å². The van der Waals surface area contributed by atoms with E-state index >= 15 is 0 Å². The van der Waals surface area contributed by atoms with Crippen LogP contribution >= 0.6 is 11.8 Å². The normalized spacial score (nSPS) is 10.8. The molecule has 0 spiro atoms. The van der Waals surface area contributed by atoms with Crippen molar-refractivity contribution >= 4 is 11.8 Å². The number of thioether (sulfide) groups is 1. The minimum atomic E-state index is 0.134. The van der Waals surface area contributed by atoms with E-state index in [4.69, 9.17) is 5.11 Å². The van der Waals surface area contributed by atoms with Gasteiger partial charge in [-0.05, 0) is 12.1 Å². The molecule has 1 rings (SSSR count). The minimum absolute atomic E-state index is 0.134. The average molecular weight is 180 g/mol. The minimum Gasteiger partial charge on any atom is -0.392 e. The van der Waals surface area contributed by atoms with Crippen molar-refractivity contribution in [1.29, 1.82) is 0 Å². The second-order valence-corrected chi connectivity index (χ2v) is 3.37. The zero-order valence-electron chi connectivity index (χ0n) is 6.81. The van der Waals surface area contributed by atoms with Gasteiger partial charge >= 0.3 is 0 Å². The highest BCUT2D eigenvalue weighted by Gasteiger charge is 1.87. The molecule has 0 bridgehead atoms. The number of rotatable bonds is 4. The molecule has 0 saturated carbocycles. The standard InChI is InChI=1S/C10H12OS/c11-8-4-5-9-12-10-6-2-1-3-7-10/h1-7,11H,8-9H2/b5-4+. The summed E-state index contributed by atoms with van der Waals surface area (Å²) in [7, 11) is 0. The Kier molecular flexibility index (Phi) is 4.57. The van der Waals surface area contributed by atoms with Crippen molar-refractivity contribution in [2.45, 2.75) is 4.90 Å². The van der Waals surface area contributed by atoms with Crippen molar-refractivity contribution in [3.63, 3.8) is 0 Å². The fourth-order valence-corrected chi connectivity index (χ4v) is 1.58. The van der Waals surface area contributed by atoms with E-state index in [1.165, 1.54) is 4.90 Å². The van der Waals surface area contributed by atoms with E-state index in [1.54, 1.807) is 17.8 Å². The smallest absolute Gasteiger partial charge is 0.0612 e. The second-order valence-electron chi connectivity index (χ2n) is 2.28. The largest absolute Gasteiger partial charge is 0.392 e. The van der Waals surface area contributed by atoms with Crippen LogP contribution in [0, 0.1) is 0 Å². The van der Waals surface area contributed by atoms with Gasteiger partial charge in [-0.2, -0.15) is 0 Å². The zero-order valence-corrected chi connectivity index (χ0v) is 7.63. The van der Waals surface area contributed by atoms with Gasteiger partial charge in [0.1, 0.15) is 0 Å². The summed E-state index contributed by atoms with van der Waals surface area (Å²) in [5, 5.41) is 8.47. The van der Waals surface area contributed by atoms with Gasteiger partial charge in [0.15, 0.2) is 0 Å². The van der Waals surface area contributed by atoms with Gasteiger partial charge < -0.3 is 5.11 Å². The molecule has 0 aliphatic heterocycles. The topological polar surface area (TPSA) is 20.2 Å². The molecule has 0 saturated heterocycles. The molecule has 64 valence electrons. The van der Waals surface area contributed by atoms with Gasteiger partial charge in [0.25, 0.3) is 0 Å². The maximum atomic E-state index is 8.47. The third-order valence-electron chi connectivity index (χ3n) is 1.36. The molecule has 12 heavy (non-hydrogen) atoms. The van der Waals surface area contributed by atoms with Gasteiger partial charge in [-0.1, -0.05) is 30.4 Å². The zero-order chi connectivity index (χ0) is 8.65. The quantitative estimate of drug-likeness (QED) is 0.567. The van der Waals surface area contributed by atoms with Crippen molar-refractivity contribution in [3.8, 4) is 0 Å². The van der Waals surface area contributed by atoms with Gasteiger partial charge in [0.05, 0.1) is 6.61 Å². The van der Waals surface area contributed by atoms with Crippen LogP contribution < -0.4 is 0 Å². The average Bonchev–Trinajstić information content (AvgIpc) is 2.14. The first-order valence-corrected chi connectivity index (χ1v) is 4.86. The highest BCUT2D eigenvalue weighted by molar-refractivity contribution is 7.99. The molecule has 0 atom stereocenters. The lowest BCUT2D eigenvalue weighted by molar-refractivity contribution is 0.342. The highest BCUT2D eigenvalue weighted by atomic mass is 32.2. The van der Waals surface area contributed by atoms with Gasteiger partial charge in [-0.15, -0.1) is 11.8 Å². The molecule has 0 aliphatic carbocycles. The summed E-state index contributed by atoms with van der Waals surface area (Å²) in [6.07, 6.45) is 3.73. The Hall–Kier alpha value is -0.730. The van der Waals surface area contributed by atoms with E-state index in [1.807, 2.05) is 24.3 Å².